The van der Waals surface area contributed by atoms with Crippen molar-refractivity contribution in [3.63, 3.8) is 0 Å². The second-order valence-corrected chi connectivity index (χ2v) is 6.00. The first kappa shape index (κ1) is 19.0. The third-order valence-electron chi connectivity index (χ3n) is 3.78. The SMILES string of the molecule is COc1cnc(Cl)nc1NCc1ccc(-c2nc(C(F)(F)F)cn2C)cc1. The molecule has 0 spiro atoms. The summed E-state index contributed by atoms with van der Waals surface area (Å²) in [4.78, 5) is 11.6. The summed E-state index contributed by atoms with van der Waals surface area (Å²) >= 11 is 5.79. The zero-order valence-corrected chi connectivity index (χ0v) is 15.1. The van der Waals surface area contributed by atoms with Gasteiger partial charge >= 0.3 is 6.18 Å². The van der Waals surface area contributed by atoms with Gasteiger partial charge in [0, 0.05) is 25.4 Å². The number of imidazole rings is 1. The van der Waals surface area contributed by atoms with Crippen molar-refractivity contribution in [1.29, 1.82) is 0 Å². The van der Waals surface area contributed by atoms with E-state index in [1.165, 1.54) is 24.9 Å². The van der Waals surface area contributed by atoms with Crippen LogP contribution >= 0.6 is 11.6 Å². The summed E-state index contributed by atoms with van der Waals surface area (Å²) in [7, 11) is 3.02. The van der Waals surface area contributed by atoms with E-state index in [0.717, 1.165) is 11.8 Å². The third kappa shape index (κ3) is 4.30. The van der Waals surface area contributed by atoms with E-state index in [4.69, 9.17) is 16.3 Å². The molecule has 0 unspecified atom stereocenters. The lowest BCUT2D eigenvalue weighted by Crippen LogP contribution is -2.05. The molecule has 0 aliphatic rings. The number of methoxy groups -OCH3 is 1. The minimum atomic E-state index is -4.47. The van der Waals surface area contributed by atoms with Crippen molar-refractivity contribution in [3.05, 3.63) is 53.2 Å². The highest BCUT2D eigenvalue weighted by molar-refractivity contribution is 6.28. The van der Waals surface area contributed by atoms with E-state index in [1.807, 2.05) is 0 Å². The van der Waals surface area contributed by atoms with Crippen LogP contribution in [0.2, 0.25) is 5.28 Å². The first-order valence-electron chi connectivity index (χ1n) is 7.78. The second kappa shape index (κ2) is 7.43. The van der Waals surface area contributed by atoms with Gasteiger partial charge in [-0.2, -0.15) is 18.2 Å². The standard InChI is InChI=1S/C17H15ClF3N5O/c1-26-9-13(17(19,20)21)24-15(26)11-5-3-10(4-6-11)7-22-14-12(27-2)8-23-16(18)25-14/h3-6,8-9H,7H2,1-2H3,(H,22,23,25). The number of aryl methyl sites for hydroxylation is 1. The van der Waals surface area contributed by atoms with Crippen molar-refractivity contribution < 1.29 is 17.9 Å². The molecule has 2 aromatic heterocycles. The molecule has 0 amide bonds. The molecule has 0 saturated heterocycles. The van der Waals surface area contributed by atoms with Gasteiger partial charge in [-0.1, -0.05) is 24.3 Å². The van der Waals surface area contributed by atoms with Crippen molar-refractivity contribution in [2.45, 2.75) is 12.7 Å². The average molecular weight is 398 g/mol. The van der Waals surface area contributed by atoms with E-state index in [-0.39, 0.29) is 11.1 Å². The predicted molar refractivity (Wildman–Crippen MR) is 94.6 cm³/mol. The Morgan fingerprint density at radius 1 is 1.19 bits per heavy atom. The molecule has 27 heavy (non-hydrogen) atoms. The fraction of sp³-hybridized carbons (Fsp3) is 0.235. The summed E-state index contributed by atoms with van der Waals surface area (Å²) in [5.41, 5.74) is 0.554. The molecule has 1 N–H and O–H groups in total. The minimum absolute atomic E-state index is 0.0869. The Labute approximate surface area is 158 Å². The van der Waals surface area contributed by atoms with Gasteiger partial charge in [0.1, 0.15) is 5.82 Å². The zero-order chi connectivity index (χ0) is 19.6. The van der Waals surface area contributed by atoms with Crippen LogP contribution in [-0.4, -0.2) is 26.6 Å². The van der Waals surface area contributed by atoms with E-state index in [1.54, 1.807) is 24.3 Å². The molecule has 0 aliphatic heterocycles. The topological polar surface area (TPSA) is 64.9 Å². The van der Waals surface area contributed by atoms with Crippen LogP contribution in [0.4, 0.5) is 19.0 Å². The molecule has 0 aliphatic carbocycles. The smallest absolute Gasteiger partial charge is 0.434 e. The number of alkyl halides is 3. The Kier molecular flexibility index (Phi) is 5.22. The van der Waals surface area contributed by atoms with Gasteiger partial charge in [-0.25, -0.2) is 9.97 Å². The first-order valence-corrected chi connectivity index (χ1v) is 8.16. The number of nitrogens with one attached hydrogen (secondary N) is 1. The number of aromatic nitrogens is 4. The fourth-order valence-corrected chi connectivity index (χ4v) is 2.59. The van der Waals surface area contributed by atoms with Crippen LogP contribution in [-0.2, 0) is 19.8 Å². The van der Waals surface area contributed by atoms with Crippen LogP contribution in [0.3, 0.4) is 0 Å². The zero-order valence-electron chi connectivity index (χ0n) is 14.4. The molecule has 0 fully saturated rings. The number of anilines is 1. The van der Waals surface area contributed by atoms with E-state index in [0.29, 0.717) is 23.7 Å². The van der Waals surface area contributed by atoms with Crippen molar-refractivity contribution in [1.82, 2.24) is 19.5 Å². The second-order valence-electron chi connectivity index (χ2n) is 5.66. The summed E-state index contributed by atoms with van der Waals surface area (Å²) in [5, 5.41) is 3.17. The third-order valence-corrected chi connectivity index (χ3v) is 3.97. The molecule has 0 bridgehead atoms. The van der Waals surface area contributed by atoms with Crippen LogP contribution in [0, 0.1) is 0 Å². The van der Waals surface area contributed by atoms with E-state index < -0.39 is 11.9 Å². The molecular formula is C17H15ClF3N5O. The lowest BCUT2D eigenvalue weighted by molar-refractivity contribution is -0.140. The fourth-order valence-electron chi connectivity index (χ4n) is 2.45. The Morgan fingerprint density at radius 3 is 2.48 bits per heavy atom. The summed E-state index contributed by atoms with van der Waals surface area (Å²) in [5.74, 6) is 1.13. The van der Waals surface area contributed by atoms with Crippen LogP contribution in [0.15, 0.2) is 36.7 Å². The number of halogens is 4. The highest BCUT2D eigenvalue weighted by Gasteiger charge is 2.34. The lowest BCUT2D eigenvalue weighted by atomic mass is 10.1. The van der Waals surface area contributed by atoms with Crippen molar-refractivity contribution >= 4 is 17.4 Å². The minimum Gasteiger partial charge on any atom is -0.491 e. The number of ether oxygens (including phenoxy) is 1. The molecule has 2 heterocycles. The molecular weight excluding hydrogens is 383 g/mol. The van der Waals surface area contributed by atoms with Crippen LogP contribution in [0.5, 0.6) is 5.75 Å². The molecule has 6 nitrogen and oxygen atoms in total. The van der Waals surface area contributed by atoms with Gasteiger partial charge in [0.15, 0.2) is 17.3 Å². The van der Waals surface area contributed by atoms with E-state index >= 15 is 0 Å². The highest BCUT2D eigenvalue weighted by atomic mass is 35.5. The number of benzene rings is 1. The number of rotatable bonds is 5. The molecule has 0 saturated carbocycles. The predicted octanol–water partition coefficient (Wildman–Crippen LogP) is 4.17. The van der Waals surface area contributed by atoms with Gasteiger partial charge in [0.25, 0.3) is 0 Å². The number of hydrogen-bond acceptors (Lipinski definition) is 5. The molecule has 3 aromatic rings. The molecule has 10 heteroatoms. The van der Waals surface area contributed by atoms with E-state index in [9.17, 15) is 13.2 Å². The Balaban J connectivity index is 1.75. The summed E-state index contributed by atoms with van der Waals surface area (Å²) < 4.78 is 44.9. The van der Waals surface area contributed by atoms with Gasteiger partial charge in [-0.05, 0) is 17.2 Å². The average Bonchev–Trinajstić information content (AvgIpc) is 3.03. The number of nitrogens with zero attached hydrogens (tertiary/aromatic N) is 4. The Hall–Kier alpha value is -2.81. The molecule has 0 atom stereocenters. The van der Waals surface area contributed by atoms with Crippen LogP contribution in [0.25, 0.3) is 11.4 Å². The summed E-state index contributed by atoms with van der Waals surface area (Å²) in [6, 6.07) is 7.01. The summed E-state index contributed by atoms with van der Waals surface area (Å²) in [6.07, 6.45) is -2.05. The largest absolute Gasteiger partial charge is 0.491 e. The van der Waals surface area contributed by atoms with E-state index in [2.05, 4.69) is 20.3 Å². The number of hydrogen-bond donors (Lipinski definition) is 1. The van der Waals surface area contributed by atoms with Crippen molar-refractivity contribution in [3.8, 4) is 17.1 Å². The molecule has 3 rings (SSSR count). The van der Waals surface area contributed by atoms with Crippen LogP contribution < -0.4 is 10.1 Å². The van der Waals surface area contributed by atoms with Crippen LogP contribution in [0.1, 0.15) is 11.3 Å². The maximum absolute atomic E-state index is 12.8. The molecule has 0 radical (unpaired) electrons. The van der Waals surface area contributed by atoms with Gasteiger partial charge < -0.3 is 14.6 Å². The highest BCUT2D eigenvalue weighted by Crippen LogP contribution is 2.30. The van der Waals surface area contributed by atoms with Gasteiger partial charge in [0.05, 0.1) is 13.3 Å². The lowest BCUT2D eigenvalue weighted by Gasteiger charge is -2.10. The Morgan fingerprint density at radius 2 is 1.89 bits per heavy atom. The quantitative estimate of drug-likeness (QED) is 0.654. The Bertz CT molecular complexity index is 941. The monoisotopic (exact) mass is 397 g/mol. The van der Waals surface area contributed by atoms with Crippen molar-refractivity contribution in [2.75, 3.05) is 12.4 Å². The van der Waals surface area contributed by atoms with Gasteiger partial charge in [-0.15, -0.1) is 0 Å². The normalized spacial score (nSPS) is 11.5. The molecule has 1 aromatic carbocycles. The van der Waals surface area contributed by atoms with Gasteiger partial charge in [-0.3, -0.25) is 0 Å². The van der Waals surface area contributed by atoms with Gasteiger partial charge in [0.2, 0.25) is 5.28 Å². The van der Waals surface area contributed by atoms with Crippen molar-refractivity contribution in [2.24, 2.45) is 7.05 Å². The molecule has 142 valence electrons. The maximum atomic E-state index is 12.8. The maximum Gasteiger partial charge on any atom is 0.434 e. The first-order chi connectivity index (χ1) is 12.8. The summed E-state index contributed by atoms with van der Waals surface area (Å²) in [6.45, 7) is 0.415.